The minimum absolute atomic E-state index is 0.310. The zero-order valence-corrected chi connectivity index (χ0v) is 13.2. The fourth-order valence-electron chi connectivity index (χ4n) is 1.58. The third kappa shape index (κ3) is 5.99. The molecule has 0 unspecified atom stereocenters. The first-order valence-electron chi connectivity index (χ1n) is 6.46. The summed E-state index contributed by atoms with van der Waals surface area (Å²) in [5.41, 5.74) is 0.887. The van der Waals surface area contributed by atoms with Crippen LogP contribution >= 0.6 is 11.8 Å². The van der Waals surface area contributed by atoms with Gasteiger partial charge >= 0.3 is 0 Å². The number of aromatic nitrogens is 1. The molecule has 3 N–H and O–H groups in total. The SMILES string of the molecule is CCCNCc1cc(S(=O)(=O)NCCCSC)c[nH]1. The standard InChI is InChI=1S/C12H23N3O2S2/c1-3-5-13-9-11-8-12(10-14-11)19(16,17)15-6-4-7-18-2/h8,10,13-15H,3-7,9H2,1-2H3. The fraction of sp³-hybridized carbons (Fsp3) is 0.667. The second kappa shape index (κ2) is 8.63. The number of sulfonamides is 1. The zero-order chi connectivity index (χ0) is 14.1. The molecule has 0 amide bonds. The molecule has 0 aliphatic heterocycles. The van der Waals surface area contributed by atoms with Gasteiger partial charge in [-0.15, -0.1) is 0 Å². The maximum absolute atomic E-state index is 12.0. The van der Waals surface area contributed by atoms with Crippen LogP contribution in [-0.2, 0) is 16.6 Å². The van der Waals surface area contributed by atoms with Crippen LogP contribution in [0.15, 0.2) is 17.2 Å². The molecule has 5 nitrogen and oxygen atoms in total. The van der Waals surface area contributed by atoms with Gasteiger partial charge in [0, 0.05) is 25.0 Å². The molecule has 0 aliphatic carbocycles. The Morgan fingerprint density at radius 3 is 2.84 bits per heavy atom. The van der Waals surface area contributed by atoms with E-state index in [9.17, 15) is 8.42 Å². The molecule has 1 aromatic heterocycles. The summed E-state index contributed by atoms with van der Waals surface area (Å²) < 4.78 is 26.6. The van der Waals surface area contributed by atoms with Gasteiger partial charge in [-0.2, -0.15) is 11.8 Å². The molecule has 0 fully saturated rings. The van der Waals surface area contributed by atoms with E-state index in [1.54, 1.807) is 24.0 Å². The van der Waals surface area contributed by atoms with Crippen LogP contribution in [0.25, 0.3) is 0 Å². The third-order valence-electron chi connectivity index (χ3n) is 2.59. The minimum atomic E-state index is -3.37. The van der Waals surface area contributed by atoms with Crippen LogP contribution in [0.4, 0.5) is 0 Å². The van der Waals surface area contributed by atoms with E-state index in [0.29, 0.717) is 18.0 Å². The monoisotopic (exact) mass is 305 g/mol. The Kier molecular flexibility index (Phi) is 7.52. The number of rotatable bonds is 10. The largest absolute Gasteiger partial charge is 0.363 e. The van der Waals surface area contributed by atoms with Crippen LogP contribution in [-0.4, -0.2) is 38.5 Å². The van der Waals surface area contributed by atoms with E-state index in [4.69, 9.17) is 0 Å². The highest BCUT2D eigenvalue weighted by atomic mass is 32.2. The summed E-state index contributed by atoms with van der Waals surface area (Å²) in [6.07, 6.45) is 5.45. The highest BCUT2D eigenvalue weighted by molar-refractivity contribution is 7.98. The van der Waals surface area contributed by atoms with Gasteiger partial charge in [-0.3, -0.25) is 0 Å². The van der Waals surface area contributed by atoms with Gasteiger partial charge in [-0.05, 0) is 37.5 Å². The van der Waals surface area contributed by atoms with Gasteiger partial charge in [0.05, 0.1) is 4.90 Å². The molecule has 19 heavy (non-hydrogen) atoms. The second-order valence-electron chi connectivity index (χ2n) is 4.28. The Labute approximate surface area is 120 Å². The molecular weight excluding hydrogens is 282 g/mol. The Morgan fingerprint density at radius 1 is 1.37 bits per heavy atom. The number of hydrogen-bond donors (Lipinski definition) is 3. The van der Waals surface area contributed by atoms with Gasteiger partial charge in [-0.25, -0.2) is 13.1 Å². The van der Waals surface area contributed by atoms with E-state index in [1.807, 2.05) is 6.26 Å². The van der Waals surface area contributed by atoms with Gasteiger partial charge < -0.3 is 10.3 Å². The molecule has 0 atom stereocenters. The van der Waals surface area contributed by atoms with Crippen LogP contribution < -0.4 is 10.0 Å². The Bertz CT molecular complexity index is 457. The van der Waals surface area contributed by atoms with Gasteiger partial charge in [0.15, 0.2) is 0 Å². The highest BCUT2D eigenvalue weighted by Gasteiger charge is 2.14. The van der Waals surface area contributed by atoms with Crippen molar-refractivity contribution in [1.82, 2.24) is 15.0 Å². The smallest absolute Gasteiger partial charge is 0.242 e. The zero-order valence-electron chi connectivity index (χ0n) is 11.5. The summed E-state index contributed by atoms with van der Waals surface area (Å²) in [4.78, 5) is 3.30. The first kappa shape index (κ1) is 16.6. The van der Waals surface area contributed by atoms with Crippen molar-refractivity contribution >= 4 is 21.8 Å². The van der Waals surface area contributed by atoms with E-state index in [0.717, 1.165) is 30.8 Å². The summed E-state index contributed by atoms with van der Waals surface area (Å²) in [5.74, 6) is 0.960. The third-order valence-corrected chi connectivity index (χ3v) is 4.72. The molecule has 0 bridgehead atoms. The molecule has 0 saturated heterocycles. The quantitative estimate of drug-likeness (QED) is 0.573. The van der Waals surface area contributed by atoms with Crippen molar-refractivity contribution in [2.75, 3.05) is 25.1 Å². The van der Waals surface area contributed by atoms with Crippen molar-refractivity contribution in [3.8, 4) is 0 Å². The summed E-state index contributed by atoms with van der Waals surface area (Å²) in [6, 6.07) is 1.68. The van der Waals surface area contributed by atoms with Crippen LogP contribution in [0.1, 0.15) is 25.5 Å². The van der Waals surface area contributed by atoms with Crippen molar-refractivity contribution in [2.45, 2.75) is 31.2 Å². The van der Waals surface area contributed by atoms with Crippen molar-refractivity contribution in [3.63, 3.8) is 0 Å². The van der Waals surface area contributed by atoms with Gasteiger partial charge in [0.1, 0.15) is 0 Å². The highest BCUT2D eigenvalue weighted by Crippen LogP contribution is 2.10. The normalized spacial score (nSPS) is 11.9. The van der Waals surface area contributed by atoms with E-state index >= 15 is 0 Å². The molecular formula is C12H23N3O2S2. The van der Waals surface area contributed by atoms with Gasteiger partial charge in [-0.1, -0.05) is 6.92 Å². The van der Waals surface area contributed by atoms with Crippen molar-refractivity contribution in [2.24, 2.45) is 0 Å². The average molecular weight is 305 g/mol. The number of thioether (sulfide) groups is 1. The fourth-order valence-corrected chi connectivity index (χ4v) is 3.11. The summed E-state index contributed by atoms with van der Waals surface area (Å²) in [6.45, 7) is 4.16. The van der Waals surface area contributed by atoms with E-state index in [2.05, 4.69) is 21.9 Å². The Morgan fingerprint density at radius 2 is 2.16 bits per heavy atom. The van der Waals surface area contributed by atoms with Gasteiger partial charge in [0.25, 0.3) is 0 Å². The van der Waals surface area contributed by atoms with Crippen molar-refractivity contribution in [1.29, 1.82) is 0 Å². The predicted molar refractivity (Wildman–Crippen MR) is 81.0 cm³/mol. The molecule has 1 heterocycles. The first-order valence-corrected chi connectivity index (χ1v) is 9.34. The lowest BCUT2D eigenvalue weighted by Crippen LogP contribution is -2.24. The minimum Gasteiger partial charge on any atom is -0.363 e. The first-order chi connectivity index (χ1) is 9.10. The van der Waals surface area contributed by atoms with Crippen LogP contribution in [0, 0.1) is 0 Å². The average Bonchev–Trinajstić information content (AvgIpc) is 2.85. The number of H-pyrrole nitrogens is 1. The topological polar surface area (TPSA) is 74.0 Å². The molecule has 0 spiro atoms. The molecule has 0 radical (unpaired) electrons. The molecule has 0 saturated carbocycles. The Balaban J connectivity index is 2.49. The number of nitrogens with one attached hydrogen (secondary N) is 3. The molecule has 1 aromatic rings. The lowest BCUT2D eigenvalue weighted by molar-refractivity contribution is 0.581. The lowest BCUT2D eigenvalue weighted by atomic mass is 10.4. The molecule has 0 aromatic carbocycles. The lowest BCUT2D eigenvalue weighted by Gasteiger charge is -2.03. The molecule has 1 rings (SSSR count). The predicted octanol–water partition coefficient (Wildman–Crippen LogP) is 1.55. The summed E-state index contributed by atoms with van der Waals surface area (Å²) in [5, 5.41) is 3.23. The molecule has 7 heteroatoms. The summed E-state index contributed by atoms with van der Waals surface area (Å²) >= 11 is 1.71. The van der Waals surface area contributed by atoms with E-state index in [-0.39, 0.29) is 0 Å². The molecule has 110 valence electrons. The van der Waals surface area contributed by atoms with Crippen LogP contribution in [0.3, 0.4) is 0 Å². The van der Waals surface area contributed by atoms with Gasteiger partial charge in [0.2, 0.25) is 10.0 Å². The maximum atomic E-state index is 12.0. The van der Waals surface area contributed by atoms with E-state index in [1.165, 1.54) is 0 Å². The van der Waals surface area contributed by atoms with E-state index < -0.39 is 10.0 Å². The number of aromatic amines is 1. The number of hydrogen-bond acceptors (Lipinski definition) is 4. The van der Waals surface area contributed by atoms with Crippen molar-refractivity contribution < 1.29 is 8.42 Å². The van der Waals surface area contributed by atoms with Crippen LogP contribution in [0.5, 0.6) is 0 Å². The molecule has 0 aliphatic rings. The summed E-state index contributed by atoms with van der Waals surface area (Å²) in [7, 11) is -3.37. The Hall–Kier alpha value is -0.500. The van der Waals surface area contributed by atoms with Crippen molar-refractivity contribution in [3.05, 3.63) is 18.0 Å². The maximum Gasteiger partial charge on any atom is 0.242 e. The van der Waals surface area contributed by atoms with Crippen LogP contribution in [0.2, 0.25) is 0 Å². The second-order valence-corrected chi connectivity index (χ2v) is 7.03.